The fraction of sp³-hybridized carbons (Fsp3) is 0.278. The van der Waals surface area contributed by atoms with Crippen molar-refractivity contribution in [3.8, 4) is 0 Å². The van der Waals surface area contributed by atoms with E-state index in [0.29, 0.717) is 23.4 Å². The van der Waals surface area contributed by atoms with E-state index in [4.69, 9.17) is 0 Å². The van der Waals surface area contributed by atoms with Gasteiger partial charge in [0.2, 0.25) is 0 Å². The van der Waals surface area contributed by atoms with Gasteiger partial charge in [0.05, 0.1) is 29.5 Å². The molecule has 0 saturated heterocycles. The molecule has 2 aromatic heterocycles. The molecule has 0 bridgehead atoms. The van der Waals surface area contributed by atoms with E-state index in [1.165, 1.54) is 18.2 Å². The number of benzene rings is 1. The van der Waals surface area contributed by atoms with Crippen LogP contribution in [0.5, 0.6) is 0 Å². The molecule has 0 saturated carbocycles. The lowest BCUT2D eigenvalue weighted by Crippen LogP contribution is -2.12. The van der Waals surface area contributed by atoms with Gasteiger partial charge in [-0.15, -0.1) is 0 Å². The summed E-state index contributed by atoms with van der Waals surface area (Å²) in [4.78, 5) is 22.8. The van der Waals surface area contributed by atoms with Crippen LogP contribution < -0.4 is 5.32 Å². The van der Waals surface area contributed by atoms with Gasteiger partial charge in [0.15, 0.2) is 0 Å². The molecule has 1 amide bonds. The maximum Gasteiger partial charge on any atom is 0.272 e. The molecule has 140 valence electrons. The second kappa shape index (κ2) is 7.40. The van der Waals surface area contributed by atoms with Crippen molar-refractivity contribution in [3.05, 3.63) is 69.3 Å². The first-order chi connectivity index (χ1) is 12.9. The zero-order chi connectivity index (χ0) is 19.6. The molecular weight excluding hydrogens is 348 g/mol. The third-order valence-corrected chi connectivity index (χ3v) is 4.38. The average Bonchev–Trinajstić information content (AvgIpc) is 3.21. The first kappa shape index (κ1) is 18.3. The molecule has 1 aromatic carbocycles. The predicted octanol–water partition coefficient (Wildman–Crippen LogP) is 2.93. The molecular formula is C18H20N6O3. The number of anilines is 1. The number of nitrogens with zero attached hydrogens (tertiary/aromatic N) is 5. The Morgan fingerprint density at radius 1 is 1.26 bits per heavy atom. The third-order valence-electron chi connectivity index (χ3n) is 4.38. The zero-order valence-corrected chi connectivity index (χ0v) is 15.3. The Labute approximate surface area is 155 Å². The Kier molecular flexibility index (Phi) is 5.02. The minimum Gasteiger partial charge on any atom is -0.319 e. The Morgan fingerprint density at radius 3 is 2.67 bits per heavy atom. The number of nitro groups is 1. The number of aryl methyl sites for hydroxylation is 2. The molecule has 0 fully saturated rings. The fourth-order valence-electron chi connectivity index (χ4n) is 2.85. The van der Waals surface area contributed by atoms with Crippen molar-refractivity contribution in [2.75, 3.05) is 5.32 Å². The van der Waals surface area contributed by atoms with Crippen LogP contribution in [0.2, 0.25) is 0 Å². The predicted molar refractivity (Wildman–Crippen MR) is 99.8 cm³/mol. The second-order valence-electron chi connectivity index (χ2n) is 6.21. The first-order valence-corrected chi connectivity index (χ1v) is 8.49. The normalized spacial score (nSPS) is 10.8. The summed E-state index contributed by atoms with van der Waals surface area (Å²) in [7, 11) is 0. The number of amides is 1. The molecule has 3 aromatic rings. The molecule has 0 aliphatic heterocycles. The SMILES string of the molecule is CCn1ncc(Cn2cc(NC(=O)c3ccc([N+](=O)[O-])c(C)c3)cn2)c1C. The monoisotopic (exact) mass is 368 g/mol. The molecule has 2 heterocycles. The standard InChI is InChI=1S/C18H20N6O3/c1-4-23-13(3)15(8-20-23)10-22-11-16(9-19-22)21-18(25)14-5-6-17(24(26)27)12(2)7-14/h5-9,11H,4,10H2,1-3H3,(H,21,25). The van der Waals surface area contributed by atoms with Crippen molar-refractivity contribution in [1.82, 2.24) is 19.6 Å². The van der Waals surface area contributed by atoms with Crippen molar-refractivity contribution >= 4 is 17.3 Å². The first-order valence-electron chi connectivity index (χ1n) is 8.49. The number of nitro benzene ring substituents is 1. The second-order valence-corrected chi connectivity index (χ2v) is 6.21. The van der Waals surface area contributed by atoms with Crippen LogP contribution >= 0.6 is 0 Å². The Balaban J connectivity index is 1.70. The van der Waals surface area contributed by atoms with Gasteiger partial charge < -0.3 is 5.32 Å². The summed E-state index contributed by atoms with van der Waals surface area (Å²) in [6.45, 7) is 7.01. The molecule has 0 aliphatic carbocycles. The van der Waals surface area contributed by atoms with Gasteiger partial charge in [-0.3, -0.25) is 24.3 Å². The summed E-state index contributed by atoms with van der Waals surface area (Å²) >= 11 is 0. The van der Waals surface area contributed by atoms with E-state index < -0.39 is 4.92 Å². The summed E-state index contributed by atoms with van der Waals surface area (Å²) < 4.78 is 3.64. The highest BCUT2D eigenvalue weighted by Gasteiger charge is 2.14. The minimum absolute atomic E-state index is 0.0117. The maximum absolute atomic E-state index is 12.4. The number of hydrogen-bond donors (Lipinski definition) is 1. The van der Waals surface area contributed by atoms with E-state index in [2.05, 4.69) is 15.5 Å². The lowest BCUT2D eigenvalue weighted by molar-refractivity contribution is -0.385. The zero-order valence-electron chi connectivity index (χ0n) is 15.3. The van der Waals surface area contributed by atoms with E-state index in [9.17, 15) is 14.9 Å². The Bertz CT molecular complexity index is 1000. The van der Waals surface area contributed by atoms with Crippen LogP contribution in [0.3, 0.4) is 0 Å². The molecule has 0 radical (unpaired) electrons. The highest BCUT2D eigenvalue weighted by molar-refractivity contribution is 6.04. The van der Waals surface area contributed by atoms with Crippen LogP contribution in [0, 0.1) is 24.0 Å². The van der Waals surface area contributed by atoms with Crippen molar-refractivity contribution in [3.63, 3.8) is 0 Å². The topological polar surface area (TPSA) is 108 Å². The number of aromatic nitrogens is 4. The van der Waals surface area contributed by atoms with Crippen molar-refractivity contribution < 1.29 is 9.72 Å². The van der Waals surface area contributed by atoms with Crippen LogP contribution in [-0.2, 0) is 13.1 Å². The highest BCUT2D eigenvalue weighted by Crippen LogP contribution is 2.20. The number of carbonyl (C=O) groups is 1. The molecule has 0 atom stereocenters. The number of nitrogens with one attached hydrogen (secondary N) is 1. The van der Waals surface area contributed by atoms with E-state index >= 15 is 0 Å². The summed E-state index contributed by atoms with van der Waals surface area (Å²) in [5, 5.41) is 22.2. The van der Waals surface area contributed by atoms with Crippen molar-refractivity contribution in [2.45, 2.75) is 33.9 Å². The molecule has 0 unspecified atom stereocenters. The van der Waals surface area contributed by atoms with Gasteiger partial charge in [0, 0.05) is 41.2 Å². The summed E-state index contributed by atoms with van der Waals surface area (Å²) in [5.74, 6) is -0.345. The highest BCUT2D eigenvalue weighted by atomic mass is 16.6. The third kappa shape index (κ3) is 3.86. The van der Waals surface area contributed by atoms with Crippen LogP contribution in [0.25, 0.3) is 0 Å². The van der Waals surface area contributed by atoms with Crippen molar-refractivity contribution in [1.29, 1.82) is 0 Å². The molecule has 9 heteroatoms. The van der Waals surface area contributed by atoms with Crippen molar-refractivity contribution in [2.24, 2.45) is 0 Å². The molecule has 3 rings (SSSR count). The van der Waals surface area contributed by atoms with Gasteiger partial charge in [0.25, 0.3) is 11.6 Å². The van der Waals surface area contributed by atoms with Gasteiger partial charge in [-0.1, -0.05) is 0 Å². The molecule has 0 spiro atoms. The van der Waals surface area contributed by atoms with E-state index in [-0.39, 0.29) is 11.6 Å². The van der Waals surface area contributed by atoms with Crippen LogP contribution in [0.15, 0.2) is 36.8 Å². The van der Waals surface area contributed by atoms with E-state index in [1.54, 1.807) is 24.0 Å². The fourth-order valence-corrected chi connectivity index (χ4v) is 2.85. The van der Waals surface area contributed by atoms with Gasteiger partial charge >= 0.3 is 0 Å². The molecule has 27 heavy (non-hydrogen) atoms. The smallest absolute Gasteiger partial charge is 0.272 e. The molecule has 9 nitrogen and oxygen atoms in total. The van der Waals surface area contributed by atoms with Gasteiger partial charge in [-0.05, 0) is 32.9 Å². The summed E-state index contributed by atoms with van der Waals surface area (Å²) in [6, 6.07) is 4.27. The number of hydrogen-bond acceptors (Lipinski definition) is 5. The summed E-state index contributed by atoms with van der Waals surface area (Å²) in [6.07, 6.45) is 5.12. The quantitative estimate of drug-likeness (QED) is 0.532. The lowest BCUT2D eigenvalue weighted by atomic mass is 10.1. The van der Waals surface area contributed by atoms with E-state index in [0.717, 1.165) is 17.8 Å². The Hall–Kier alpha value is -3.49. The van der Waals surface area contributed by atoms with Gasteiger partial charge in [-0.25, -0.2) is 0 Å². The largest absolute Gasteiger partial charge is 0.319 e. The Morgan fingerprint density at radius 2 is 2.04 bits per heavy atom. The number of carbonyl (C=O) groups excluding carboxylic acids is 1. The van der Waals surface area contributed by atoms with Gasteiger partial charge in [-0.2, -0.15) is 10.2 Å². The number of rotatable bonds is 6. The minimum atomic E-state index is -0.469. The average molecular weight is 368 g/mol. The maximum atomic E-state index is 12.4. The van der Waals surface area contributed by atoms with Crippen LogP contribution in [0.4, 0.5) is 11.4 Å². The summed E-state index contributed by atoms with van der Waals surface area (Å²) in [5.41, 5.74) is 3.47. The molecule has 0 aliphatic rings. The lowest BCUT2D eigenvalue weighted by Gasteiger charge is -2.04. The van der Waals surface area contributed by atoms with Crippen LogP contribution in [-0.4, -0.2) is 30.4 Å². The van der Waals surface area contributed by atoms with Crippen LogP contribution in [0.1, 0.15) is 34.1 Å². The molecule has 1 N–H and O–H groups in total. The van der Waals surface area contributed by atoms with Gasteiger partial charge in [0.1, 0.15) is 0 Å². The van der Waals surface area contributed by atoms with E-state index in [1.807, 2.05) is 24.7 Å².